The minimum Gasteiger partial charge on any atom is -0.493 e. The zero-order valence-electron chi connectivity index (χ0n) is 13.1. The molecule has 0 aromatic heterocycles. The number of benzene rings is 1. The van der Waals surface area contributed by atoms with Gasteiger partial charge in [-0.05, 0) is 24.8 Å². The highest BCUT2D eigenvalue weighted by atomic mass is 16.5. The third-order valence-electron chi connectivity index (χ3n) is 4.44. The highest BCUT2D eigenvalue weighted by Gasteiger charge is 2.36. The predicted molar refractivity (Wildman–Crippen MR) is 82.3 cm³/mol. The fourth-order valence-electron chi connectivity index (χ4n) is 3.19. The smallest absolute Gasteiger partial charge is 0.332 e. The van der Waals surface area contributed by atoms with Crippen molar-refractivity contribution in [2.24, 2.45) is 0 Å². The Labute approximate surface area is 134 Å². The van der Waals surface area contributed by atoms with Crippen LogP contribution in [0.15, 0.2) is 18.2 Å². The number of hydrogen-bond donors (Lipinski definition) is 2. The molecule has 1 aromatic rings. The second kappa shape index (κ2) is 6.58. The number of aliphatic carboxylic acids is 1. The molecule has 1 fully saturated rings. The standard InChI is InChI=1S/C17H21NO5/c1-2-10-4-3-5-11-12(8-9-22-15(10)11)18-16(19)13-6-7-14(23-13)17(20)21/h3-5,12-14H,2,6-9H2,1H3,(H,18,19)(H,20,21)/t12?,13-,14+/m0/s1. The van der Waals surface area contributed by atoms with Gasteiger partial charge in [0.2, 0.25) is 5.91 Å². The fourth-order valence-corrected chi connectivity index (χ4v) is 3.19. The molecular formula is C17H21NO5. The van der Waals surface area contributed by atoms with Gasteiger partial charge < -0.3 is 19.9 Å². The summed E-state index contributed by atoms with van der Waals surface area (Å²) in [6.07, 6.45) is 0.818. The summed E-state index contributed by atoms with van der Waals surface area (Å²) < 4.78 is 11.1. The Bertz CT molecular complexity index is 615. The number of fused-ring (bicyclic) bond motifs is 1. The lowest BCUT2D eigenvalue weighted by Gasteiger charge is -2.29. The maximum Gasteiger partial charge on any atom is 0.332 e. The molecule has 2 aliphatic rings. The minimum atomic E-state index is -1.01. The average molecular weight is 319 g/mol. The lowest BCUT2D eigenvalue weighted by atomic mass is 9.96. The van der Waals surface area contributed by atoms with Gasteiger partial charge in [-0.3, -0.25) is 4.79 Å². The van der Waals surface area contributed by atoms with Gasteiger partial charge in [-0.2, -0.15) is 0 Å². The molecule has 124 valence electrons. The van der Waals surface area contributed by atoms with Crippen molar-refractivity contribution < 1.29 is 24.2 Å². The van der Waals surface area contributed by atoms with Gasteiger partial charge in [0.1, 0.15) is 11.9 Å². The number of amides is 1. The van der Waals surface area contributed by atoms with E-state index in [0.29, 0.717) is 25.9 Å². The zero-order valence-corrected chi connectivity index (χ0v) is 13.1. The van der Waals surface area contributed by atoms with E-state index < -0.39 is 18.2 Å². The van der Waals surface area contributed by atoms with Crippen LogP contribution in [0.25, 0.3) is 0 Å². The van der Waals surface area contributed by atoms with Crippen LogP contribution in [0.5, 0.6) is 5.75 Å². The van der Waals surface area contributed by atoms with E-state index in [1.54, 1.807) is 0 Å². The number of ether oxygens (including phenoxy) is 2. The highest BCUT2D eigenvalue weighted by Crippen LogP contribution is 2.35. The van der Waals surface area contributed by atoms with E-state index in [-0.39, 0.29) is 11.9 Å². The molecule has 3 rings (SSSR count). The number of nitrogens with one attached hydrogen (secondary N) is 1. The molecule has 1 unspecified atom stereocenters. The molecule has 6 nitrogen and oxygen atoms in total. The van der Waals surface area contributed by atoms with Crippen LogP contribution in [-0.4, -0.2) is 35.8 Å². The summed E-state index contributed by atoms with van der Waals surface area (Å²) >= 11 is 0. The fraction of sp³-hybridized carbons (Fsp3) is 0.529. The van der Waals surface area contributed by atoms with Crippen molar-refractivity contribution in [3.63, 3.8) is 0 Å². The summed E-state index contributed by atoms with van der Waals surface area (Å²) in [5.74, 6) is -0.389. The summed E-state index contributed by atoms with van der Waals surface area (Å²) in [6, 6.07) is 5.84. The number of hydrogen-bond acceptors (Lipinski definition) is 4. The van der Waals surface area contributed by atoms with Gasteiger partial charge in [-0.1, -0.05) is 25.1 Å². The lowest BCUT2D eigenvalue weighted by molar-refractivity contribution is -0.152. The van der Waals surface area contributed by atoms with Crippen LogP contribution >= 0.6 is 0 Å². The van der Waals surface area contributed by atoms with E-state index in [4.69, 9.17) is 14.6 Å². The Morgan fingerprint density at radius 2 is 2.04 bits per heavy atom. The molecule has 6 heteroatoms. The minimum absolute atomic E-state index is 0.120. The number of carboxylic acids is 1. The second-order valence-corrected chi connectivity index (χ2v) is 5.92. The number of carbonyl (C=O) groups excluding carboxylic acids is 1. The zero-order chi connectivity index (χ0) is 16.4. The first kappa shape index (κ1) is 15.8. The van der Waals surface area contributed by atoms with Crippen LogP contribution in [0.3, 0.4) is 0 Å². The van der Waals surface area contributed by atoms with Crippen LogP contribution in [0.4, 0.5) is 0 Å². The molecule has 0 aliphatic carbocycles. The quantitative estimate of drug-likeness (QED) is 0.884. The summed E-state index contributed by atoms with van der Waals surface area (Å²) in [6.45, 7) is 2.62. The van der Waals surface area contributed by atoms with Gasteiger partial charge in [0.15, 0.2) is 6.10 Å². The number of rotatable bonds is 4. The molecule has 1 amide bonds. The number of carboxylic acid groups (broad SMARTS) is 1. The van der Waals surface area contributed by atoms with Crippen molar-refractivity contribution >= 4 is 11.9 Å². The molecule has 3 atom stereocenters. The molecule has 2 heterocycles. The van der Waals surface area contributed by atoms with E-state index in [2.05, 4.69) is 12.2 Å². The molecule has 1 saturated heterocycles. The monoisotopic (exact) mass is 319 g/mol. The van der Waals surface area contributed by atoms with Crippen LogP contribution in [0, 0.1) is 0 Å². The van der Waals surface area contributed by atoms with Crippen molar-refractivity contribution in [3.05, 3.63) is 29.3 Å². The first-order chi connectivity index (χ1) is 11.1. The predicted octanol–water partition coefficient (Wildman–Crippen LogP) is 1.82. The van der Waals surface area contributed by atoms with Crippen molar-refractivity contribution in [2.45, 2.75) is 50.9 Å². The third-order valence-corrected chi connectivity index (χ3v) is 4.44. The van der Waals surface area contributed by atoms with Crippen LogP contribution in [-0.2, 0) is 20.7 Å². The van der Waals surface area contributed by atoms with Gasteiger partial charge in [-0.15, -0.1) is 0 Å². The van der Waals surface area contributed by atoms with Gasteiger partial charge >= 0.3 is 5.97 Å². The summed E-state index contributed by atoms with van der Waals surface area (Å²) in [5, 5.41) is 11.9. The highest BCUT2D eigenvalue weighted by molar-refractivity contribution is 5.83. The summed E-state index contributed by atoms with van der Waals surface area (Å²) in [5.41, 5.74) is 2.11. The van der Waals surface area contributed by atoms with Crippen LogP contribution in [0.2, 0.25) is 0 Å². The van der Waals surface area contributed by atoms with Crippen molar-refractivity contribution in [3.8, 4) is 5.75 Å². The van der Waals surface area contributed by atoms with Crippen LogP contribution < -0.4 is 10.1 Å². The normalized spacial score (nSPS) is 26.2. The number of aryl methyl sites for hydroxylation is 1. The topological polar surface area (TPSA) is 84.9 Å². The lowest BCUT2D eigenvalue weighted by Crippen LogP contribution is -2.39. The van der Waals surface area contributed by atoms with Crippen molar-refractivity contribution in [2.75, 3.05) is 6.61 Å². The van der Waals surface area contributed by atoms with Gasteiger partial charge in [0.05, 0.1) is 12.6 Å². The Kier molecular flexibility index (Phi) is 4.52. The van der Waals surface area contributed by atoms with Crippen molar-refractivity contribution in [1.82, 2.24) is 5.32 Å². The van der Waals surface area contributed by atoms with Gasteiger partial charge in [0.25, 0.3) is 0 Å². The maximum absolute atomic E-state index is 12.4. The van der Waals surface area contributed by atoms with E-state index in [9.17, 15) is 9.59 Å². The van der Waals surface area contributed by atoms with E-state index in [0.717, 1.165) is 23.3 Å². The van der Waals surface area contributed by atoms with E-state index in [1.807, 2.05) is 18.2 Å². The third kappa shape index (κ3) is 3.17. The largest absolute Gasteiger partial charge is 0.493 e. The first-order valence-corrected chi connectivity index (χ1v) is 8.03. The Hall–Kier alpha value is -2.08. The maximum atomic E-state index is 12.4. The summed E-state index contributed by atoms with van der Waals surface area (Å²) in [7, 11) is 0. The summed E-state index contributed by atoms with van der Waals surface area (Å²) in [4.78, 5) is 23.3. The van der Waals surface area contributed by atoms with Crippen molar-refractivity contribution in [1.29, 1.82) is 0 Å². The van der Waals surface area contributed by atoms with Gasteiger partial charge in [-0.25, -0.2) is 4.79 Å². The average Bonchev–Trinajstić information content (AvgIpc) is 3.05. The first-order valence-electron chi connectivity index (χ1n) is 8.03. The SMILES string of the molecule is CCc1cccc2c1OCCC2NC(=O)[C@@H]1CC[C@H](C(=O)O)O1. The number of para-hydroxylation sites is 1. The second-order valence-electron chi connectivity index (χ2n) is 5.92. The molecule has 2 aliphatic heterocycles. The van der Waals surface area contributed by atoms with E-state index >= 15 is 0 Å². The molecule has 2 N–H and O–H groups in total. The molecule has 23 heavy (non-hydrogen) atoms. The Morgan fingerprint density at radius 1 is 1.26 bits per heavy atom. The van der Waals surface area contributed by atoms with E-state index in [1.165, 1.54) is 0 Å². The molecule has 0 radical (unpaired) electrons. The molecule has 1 aromatic carbocycles. The Morgan fingerprint density at radius 3 is 2.74 bits per heavy atom. The molecular weight excluding hydrogens is 298 g/mol. The number of carbonyl (C=O) groups is 2. The molecule has 0 saturated carbocycles. The molecule has 0 bridgehead atoms. The molecule has 0 spiro atoms. The van der Waals surface area contributed by atoms with Crippen LogP contribution in [0.1, 0.15) is 43.4 Å². The Balaban J connectivity index is 1.70. The van der Waals surface area contributed by atoms with Gasteiger partial charge in [0, 0.05) is 12.0 Å².